The third kappa shape index (κ3) is 5.38. The molecule has 13 heavy (non-hydrogen) atoms. The maximum absolute atomic E-state index is 10.6. The Hall–Kier alpha value is -0.870. The van der Waals surface area contributed by atoms with Gasteiger partial charge in [0.15, 0.2) is 0 Å². The lowest BCUT2D eigenvalue weighted by atomic mass is 10.1. The first-order valence-electron chi connectivity index (χ1n) is 4.13. The van der Waals surface area contributed by atoms with Crippen LogP contribution in [0.25, 0.3) is 0 Å². The predicted molar refractivity (Wildman–Crippen MR) is 49.4 cm³/mol. The molecule has 0 aliphatic carbocycles. The van der Waals surface area contributed by atoms with Crippen LogP contribution in [0.15, 0.2) is 12.7 Å². The molecule has 0 saturated heterocycles. The molecule has 0 aliphatic heterocycles. The highest BCUT2D eigenvalue weighted by Crippen LogP contribution is 2.08. The summed E-state index contributed by atoms with van der Waals surface area (Å²) in [5, 5.41) is 10.5. The molecule has 4 nitrogen and oxygen atoms in total. The van der Waals surface area contributed by atoms with Crippen molar-refractivity contribution in [2.75, 3.05) is 13.2 Å². The summed E-state index contributed by atoms with van der Waals surface area (Å²) in [7, 11) is 0. The van der Waals surface area contributed by atoms with Gasteiger partial charge in [-0.2, -0.15) is 5.06 Å². The third-order valence-electron chi connectivity index (χ3n) is 1.49. The van der Waals surface area contributed by atoms with Gasteiger partial charge < -0.3 is 9.94 Å². The summed E-state index contributed by atoms with van der Waals surface area (Å²) in [5.41, 5.74) is -0.333. The first-order chi connectivity index (χ1) is 5.88. The highest BCUT2D eigenvalue weighted by molar-refractivity contribution is 5.81. The van der Waals surface area contributed by atoms with E-state index in [4.69, 9.17) is 4.74 Å². The van der Waals surface area contributed by atoms with E-state index in [-0.39, 0.29) is 12.1 Å². The number of hydrogen-bond acceptors (Lipinski definition) is 4. The molecule has 0 rings (SSSR count). The van der Waals surface area contributed by atoms with E-state index in [9.17, 15) is 10.0 Å². The summed E-state index contributed by atoms with van der Waals surface area (Å²) >= 11 is 0. The van der Waals surface area contributed by atoms with Crippen molar-refractivity contribution in [2.24, 2.45) is 0 Å². The van der Waals surface area contributed by atoms with Crippen LogP contribution in [0.5, 0.6) is 0 Å². The van der Waals surface area contributed by atoms with Gasteiger partial charge >= 0.3 is 5.97 Å². The number of nitrogens with zero attached hydrogens (tertiary/aromatic N) is 1. The minimum absolute atomic E-state index is 0.165. The first kappa shape index (κ1) is 12.1. The zero-order valence-electron chi connectivity index (χ0n) is 8.41. The van der Waals surface area contributed by atoms with Crippen molar-refractivity contribution in [1.82, 2.24) is 5.06 Å². The Balaban J connectivity index is 3.65. The van der Waals surface area contributed by atoms with Gasteiger partial charge in [-0.1, -0.05) is 6.58 Å². The minimum atomic E-state index is -0.470. The Morgan fingerprint density at radius 2 is 2.15 bits per heavy atom. The molecule has 0 aromatic carbocycles. The molecule has 0 bridgehead atoms. The Morgan fingerprint density at radius 1 is 1.62 bits per heavy atom. The van der Waals surface area contributed by atoms with Crippen LogP contribution in [0, 0.1) is 0 Å². The summed E-state index contributed by atoms with van der Waals surface area (Å²) in [6, 6.07) is 0. The molecule has 0 unspecified atom stereocenters. The number of ether oxygens (including phenoxy) is 1. The molecule has 0 fully saturated rings. The van der Waals surface area contributed by atoms with E-state index < -0.39 is 5.97 Å². The van der Waals surface area contributed by atoms with Crippen LogP contribution >= 0.6 is 0 Å². The van der Waals surface area contributed by atoms with E-state index in [1.807, 2.05) is 20.8 Å². The summed E-state index contributed by atoms with van der Waals surface area (Å²) < 4.78 is 4.70. The largest absolute Gasteiger partial charge is 0.461 e. The second kappa shape index (κ2) is 4.99. The van der Waals surface area contributed by atoms with Crippen molar-refractivity contribution in [3.63, 3.8) is 0 Å². The lowest BCUT2D eigenvalue weighted by Crippen LogP contribution is -2.40. The van der Waals surface area contributed by atoms with Gasteiger partial charge in [0.25, 0.3) is 0 Å². The SMILES string of the molecule is C=CC(=O)OCCN(O)C(C)(C)C. The van der Waals surface area contributed by atoms with E-state index in [1.54, 1.807) is 0 Å². The van der Waals surface area contributed by atoms with Crippen LogP contribution in [-0.2, 0) is 9.53 Å². The van der Waals surface area contributed by atoms with Crippen molar-refractivity contribution in [3.8, 4) is 0 Å². The van der Waals surface area contributed by atoms with E-state index in [0.717, 1.165) is 11.1 Å². The quantitative estimate of drug-likeness (QED) is 0.408. The van der Waals surface area contributed by atoms with Crippen LogP contribution < -0.4 is 0 Å². The number of esters is 1. The molecule has 0 aromatic rings. The maximum Gasteiger partial charge on any atom is 0.330 e. The van der Waals surface area contributed by atoms with Crippen LogP contribution in [0.1, 0.15) is 20.8 Å². The highest BCUT2D eigenvalue weighted by atomic mass is 16.5. The Labute approximate surface area is 78.8 Å². The van der Waals surface area contributed by atoms with Crippen LogP contribution in [-0.4, -0.2) is 34.9 Å². The van der Waals surface area contributed by atoms with Crippen molar-refractivity contribution in [1.29, 1.82) is 0 Å². The number of carbonyl (C=O) groups is 1. The summed E-state index contributed by atoms with van der Waals surface area (Å²) in [6.07, 6.45) is 1.10. The molecule has 0 aliphatic rings. The predicted octanol–water partition coefficient (Wildman–Crippen LogP) is 1.21. The second-order valence-electron chi connectivity index (χ2n) is 3.67. The zero-order valence-corrected chi connectivity index (χ0v) is 8.41. The topological polar surface area (TPSA) is 49.8 Å². The fraction of sp³-hybridized carbons (Fsp3) is 0.667. The Kier molecular flexibility index (Phi) is 4.66. The fourth-order valence-electron chi connectivity index (χ4n) is 0.627. The number of hydrogen-bond donors (Lipinski definition) is 1. The van der Waals surface area contributed by atoms with E-state index >= 15 is 0 Å². The number of carbonyl (C=O) groups excluding carboxylic acids is 1. The summed E-state index contributed by atoms with van der Waals surface area (Å²) in [4.78, 5) is 10.6. The van der Waals surface area contributed by atoms with Gasteiger partial charge in [-0.05, 0) is 20.8 Å². The third-order valence-corrected chi connectivity index (χ3v) is 1.49. The van der Waals surface area contributed by atoms with Gasteiger partial charge in [0, 0.05) is 11.6 Å². The molecule has 0 aromatic heterocycles. The molecule has 0 amide bonds. The lowest BCUT2D eigenvalue weighted by Gasteiger charge is -2.28. The van der Waals surface area contributed by atoms with E-state index in [2.05, 4.69) is 6.58 Å². The molecule has 76 valence electrons. The highest BCUT2D eigenvalue weighted by Gasteiger charge is 2.18. The molecule has 1 N–H and O–H groups in total. The molecule has 4 heteroatoms. The molecule has 0 atom stereocenters. The summed E-state index contributed by atoms with van der Waals surface area (Å²) in [6.45, 7) is 9.31. The van der Waals surface area contributed by atoms with E-state index in [1.165, 1.54) is 0 Å². The first-order valence-corrected chi connectivity index (χ1v) is 4.13. The fourth-order valence-corrected chi connectivity index (χ4v) is 0.627. The standard InChI is InChI=1S/C9H17NO3/c1-5-8(11)13-7-6-10(12)9(2,3)4/h5,12H,1,6-7H2,2-4H3. The van der Waals surface area contributed by atoms with Crippen LogP contribution in [0.3, 0.4) is 0 Å². The molecular formula is C9H17NO3. The maximum atomic E-state index is 10.6. The smallest absolute Gasteiger partial charge is 0.330 e. The van der Waals surface area contributed by atoms with Crippen molar-refractivity contribution < 1.29 is 14.7 Å². The lowest BCUT2D eigenvalue weighted by molar-refractivity contribution is -0.168. The van der Waals surface area contributed by atoms with E-state index in [0.29, 0.717) is 6.54 Å². The second-order valence-corrected chi connectivity index (χ2v) is 3.67. The van der Waals surface area contributed by atoms with Gasteiger partial charge in [0.05, 0.1) is 6.54 Å². The zero-order chi connectivity index (χ0) is 10.5. The van der Waals surface area contributed by atoms with Crippen molar-refractivity contribution >= 4 is 5.97 Å². The Bertz CT molecular complexity index is 184. The average Bonchev–Trinajstić information content (AvgIpc) is 2.02. The molecule has 0 spiro atoms. The molecular weight excluding hydrogens is 170 g/mol. The normalized spacial score (nSPS) is 11.5. The van der Waals surface area contributed by atoms with Gasteiger partial charge in [-0.15, -0.1) is 0 Å². The van der Waals surface area contributed by atoms with Gasteiger partial charge in [0.2, 0.25) is 0 Å². The number of hydroxylamine groups is 2. The molecule has 0 saturated carbocycles. The molecule has 0 radical (unpaired) electrons. The van der Waals surface area contributed by atoms with Gasteiger partial charge in [-0.25, -0.2) is 4.79 Å². The van der Waals surface area contributed by atoms with Crippen LogP contribution in [0.4, 0.5) is 0 Å². The number of rotatable bonds is 4. The summed E-state index contributed by atoms with van der Waals surface area (Å²) in [5.74, 6) is -0.470. The van der Waals surface area contributed by atoms with Gasteiger partial charge in [-0.3, -0.25) is 0 Å². The molecule has 0 heterocycles. The average molecular weight is 187 g/mol. The monoisotopic (exact) mass is 187 g/mol. The van der Waals surface area contributed by atoms with Crippen molar-refractivity contribution in [2.45, 2.75) is 26.3 Å². The van der Waals surface area contributed by atoms with Gasteiger partial charge in [0.1, 0.15) is 6.61 Å². The van der Waals surface area contributed by atoms with Crippen LogP contribution in [0.2, 0.25) is 0 Å². The Morgan fingerprint density at radius 3 is 2.54 bits per heavy atom. The van der Waals surface area contributed by atoms with Crippen molar-refractivity contribution in [3.05, 3.63) is 12.7 Å². The minimum Gasteiger partial charge on any atom is -0.461 e.